The molecule has 0 saturated heterocycles. The first-order valence-corrected chi connectivity index (χ1v) is 12.0. The number of aromatic nitrogens is 1. The van der Waals surface area contributed by atoms with Crippen LogP contribution in [0.4, 0.5) is 0 Å². The van der Waals surface area contributed by atoms with Gasteiger partial charge in [0.15, 0.2) is 5.60 Å². The van der Waals surface area contributed by atoms with Crippen LogP contribution in [-0.4, -0.2) is 35.4 Å². The van der Waals surface area contributed by atoms with Gasteiger partial charge in [-0.25, -0.2) is 9.78 Å². The highest BCUT2D eigenvalue weighted by Crippen LogP contribution is 2.42. The number of ether oxygens (including phenoxy) is 2. The minimum atomic E-state index is -1.18. The van der Waals surface area contributed by atoms with Crippen molar-refractivity contribution >= 4 is 5.97 Å². The van der Waals surface area contributed by atoms with Crippen molar-refractivity contribution in [1.29, 1.82) is 0 Å². The fourth-order valence-corrected chi connectivity index (χ4v) is 4.63. The number of rotatable bonds is 9. The Labute approximate surface area is 197 Å². The summed E-state index contributed by atoms with van der Waals surface area (Å²) >= 11 is 0. The number of carbonyl (C=O) groups is 1. The molecule has 0 aliphatic heterocycles. The number of aryl methyl sites for hydroxylation is 2. The average molecular weight is 458 g/mol. The zero-order valence-electron chi connectivity index (χ0n) is 21.1. The predicted molar refractivity (Wildman–Crippen MR) is 128 cm³/mol. The molecule has 182 valence electrons. The highest BCUT2D eigenvalue weighted by atomic mass is 16.5. The van der Waals surface area contributed by atoms with Crippen LogP contribution in [-0.2, 0) is 14.3 Å². The SMILES string of the molecule is COC(c1nc(-c2ccc(C)c(C)c2)oc1C(C)C)[C@@H]1CCC[C@H](COC(C)(C)C(=O)O)C1. The molecule has 1 aromatic carbocycles. The van der Waals surface area contributed by atoms with Crippen molar-refractivity contribution in [2.24, 2.45) is 11.8 Å². The van der Waals surface area contributed by atoms with E-state index in [0.717, 1.165) is 42.7 Å². The molecule has 3 atom stereocenters. The first-order chi connectivity index (χ1) is 15.5. The summed E-state index contributed by atoms with van der Waals surface area (Å²) in [6, 6.07) is 6.28. The van der Waals surface area contributed by atoms with Crippen LogP contribution in [0.5, 0.6) is 0 Å². The minimum Gasteiger partial charge on any atom is -0.479 e. The summed E-state index contributed by atoms with van der Waals surface area (Å²) in [6.07, 6.45) is 3.89. The van der Waals surface area contributed by atoms with Gasteiger partial charge in [0, 0.05) is 18.6 Å². The number of benzene rings is 1. The van der Waals surface area contributed by atoms with Gasteiger partial charge in [-0.3, -0.25) is 0 Å². The van der Waals surface area contributed by atoms with Gasteiger partial charge in [0.05, 0.1) is 6.61 Å². The van der Waals surface area contributed by atoms with E-state index in [1.54, 1.807) is 21.0 Å². The Kier molecular flexibility index (Phi) is 8.01. The third kappa shape index (κ3) is 5.85. The van der Waals surface area contributed by atoms with E-state index in [-0.39, 0.29) is 17.9 Å². The molecule has 1 heterocycles. The maximum atomic E-state index is 11.4. The van der Waals surface area contributed by atoms with Crippen LogP contribution in [0.1, 0.15) is 88.0 Å². The number of nitrogens with zero attached hydrogens (tertiary/aromatic N) is 1. The van der Waals surface area contributed by atoms with E-state index in [1.807, 2.05) is 0 Å². The Balaban J connectivity index is 1.83. The van der Waals surface area contributed by atoms with Gasteiger partial charge in [-0.1, -0.05) is 26.3 Å². The van der Waals surface area contributed by atoms with Crippen molar-refractivity contribution in [3.05, 3.63) is 40.8 Å². The Hall–Kier alpha value is -2.18. The van der Waals surface area contributed by atoms with Gasteiger partial charge in [-0.15, -0.1) is 0 Å². The molecule has 1 saturated carbocycles. The molecule has 3 rings (SSSR count). The minimum absolute atomic E-state index is 0.165. The third-order valence-electron chi connectivity index (χ3n) is 6.93. The maximum absolute atomic E-state index is 11.4. The first-order valence-electron chi connectivity index (χ1n) is 12.0. The normalized spacial score (nSPS) is 20.2. The van der Waals surface area contributed by atoms with Crippen molar-refractivity contribution in [2.75, 3.05) is 13.7 Å². The third-order valence-corrected chi connectivity index (χ3v) is 6.93. The highest BCUT2D eigenvalue weighted by Gasteiger charge is 2.36. The summed E-state index contributed by atoms with van der Waals surface area (Å²) in [7, 11) is 1.74. The van der Waals surface area contributed by atoms with Crippen LogP contribution in [0, 0.1) is 25.7 Å². The fourth-order valence-electron chi connectivity index (χ4n) is 4.63. The van der Waals surface area contributed by atoms with E-state index in [0.29, 0.717) is 18.4 Å². The topological polar surface area (TPSA) is 81.8 Å². The van der Waals surface area contributed by atoms with Gasteiger partial charge in [-0.05, 0) is 82.1 Å². The Morgan fingerprint density at radius 2 is 1.97 bits per heavy atom. The highest BCUT2D eigenvalue weighted by molar-refractivity contribution is 5.76. The lowest BCUT2D eigenvalue weighted by molar-refractivity contribution is -0.163. The van der Waals surface area contributed by atoms with Crippen LogP contribution in [0.3, 0.4) is 0 Å². The van der Waals surface area contributed by atoms with Crippen molar-refractivity contribution < 1.29 is 23.8 Å². The molecule has 0 amide bonds. The van der Waals surface area contributed by atoms with Crippen molar-refractivity contribution in [1.82, 2.24) is 4.98 Å². The van der Waals surface area contributed by atoms with Gasteiger partial charge in [0.1, 0.15) is 17.6 Å². The molecule has 1 unspecified atom stereocenters. The number of carboxylic acids is 1. The van der Waals surface area contributed by atoms with Crippen molar-refractivity contribution in [3.63, 3.8) is 0 Å². The van der Waals surface area contributed by atoms with Gasteiger partial charge >= 0.3 is 5.97 Å². The van der Waals surface area contributed by atoms with Gasteiger partial charge in [-0.2, -0.15) is 0 Å². The summed E-state index contributed by atoms with van der Waals surface area (Å²) in [5.74, 6) is 1.34. The second-order valence-corrected chi connectivity index (χ2v) is 10.3. The van der Waals surface area contributed by atoms with Crippen molar-refractivity contribution in [3.8, 4) is 11.5 Å². The molecule has 1 aromatic heterocycles. The second-order valence-electron chi connectivity index (χ2n) is 10.3. The van der Waals surface area contributed by atoms with E-state index < -0.39 is 11.6 Å². The van der Waals surface area contributed by atoms with Crippen LogP contribution in [0.2, 0.25) is 0 Å². The molecule has 0 spiro atoms. The van der Waals surface area contributed by atoms with E-state index >= 15 is 0 Å². The lowest BCUT2D eigenvalue weighted by Crippen LogP contribution is -2.37. The zero-order chi connectivity index (χ0) is 24.3. The number of oxazole rings is 1. The number of hydrogen-bond acceptors (Lipinski definition) is 5. The van der Waals surface area contributed by atoms with Gasteiger partial charge < -0.3 is 19.0 Å². The summed E-state index contributed by atoms with van der Waals surface area (Å²) in [6.45, 7) is 12.1. The fraction of sp³-hybridized carbons (Fsp3) is 0.630. The van der Waals surface area contributed by atoms with Crippen LogP contribution in [0.25, 0.3) is 11.5 Å². The molecule has 1 fully saturated rings. The molecule has 1 aliphatic rings. The zero-order valence-corrected chi connectivity index (χ0v) is 21.1. The molecule has 1 N–H and O–H groups in total. The van der Waals surface area contributed by atoms with E-state index in [9.17, 15) is 9.90 Å². The molecule has 6 heteroatoms. The average Bonchev–Trinajstić information content (AvgIpc) is 3.20. The summed E-state index contributed by atoms with van der Waals surface area (Å²) < 4.78 is 18.1. The van der Waals surface area contributed by atoms with Crippen LogP contribution in [0.15, 0.2) is 22.6 Å². The summed E-state index contributed by atoms with van der Waals surface area (Å²) in [5.41, 5.74) is 3.14. The Morgan fingerprint density at radius 3 is 2.58 bits per heavy atom. The van der Waals surface area contributed by atoms with Gasteiger partial charge in [0.25, 0.3) is 0 Å². The van der Waals surface area contributed by atoms with E-state index in [1.165, 1.54) is 11.1 Å². The standard InChI is InChI=1S/C27H39NO5/c1-16(2)23-22(28-25(33-23)21-12-11-17(3)18(4)13-21)24(31-7)20-10-8-9-19(14-20)15-32-27(5,6)26(29)30/h11-13,16,19-20,24H,8-10,14-15H2,1-7H3,(H,29,30)/t19-,20+,24?/m0/s1. The van der Waals surface area contributed by atoms with Crippen molar-refractivity contribution in [2.45, 2.75) is 84.8 Å². The molecule has 6 nitrogen and oxygen atoms in total. The lowest BCUT2D eigenvalue weighted by Gasteiger charge is -2.34. The molecule has 0 bridgehead atoms. The molecule has 0 radical (unpaired) electrons. The summed E-state index contributed by atoms with van der Waals surface area (Å²) in [5, 5.41) is 9.35. The second kappa shape index (κ2) is 10.4. The summed E-state index contributed by atoms with van der Waals surface area (Å²) in [4.78, 5) is 16.3. The molecule has 33 heavy (non-hydrogen) atoms. The maximum Gasteiger partial charge on any atom is 0.335 e. The van der Waals surface area contributed by atoms with Crippen LogP contribution >= 0.6 is 0 Å². The molecular weight excluding hydrogens is 418 g/mol. The number of carboxylic acid groups (broad SMARTS) is 1. The van der Waals surface area contributed by atoms with Crippen LogP contribution < -0.4 is 0 Å². The lowest BCUT2D eigenvalue weighted by atomic mass is 9.77. The monoisotopic (exact) mass is 457 g/mol. The van der Waals surface area contributed by atoms with E-state index in [4.69, 9.17) is 18.9 Å². The number of hydrogen-bond donors (Lipinski definition) is 1. The molecular formula is C27H39NO5. The number of methoxy groups -OCH3 is 1. The van der Waals surface area contributed by atoms with Gasteiger partial charge in [0.2, 0.25) is 5.89 Å². The van der Waals surface area contributed by atoms with E-state index in [2.05, 4.69) is 45.9 Å². The number of aliphatic carboxylic acids is 1. The Morgan fingerprint density at radius 1 is 1.24 bits per heavy atom. The molecule has 1 aliphatic carbocycles. The first kappa shape index (κ1) is 25.4. The quantitative estimate of drug-likeness (QED) is 0.466. The largest absolute Gasteiger partial charge is 0.479 e. The Bertz CT molecular complexity index is 961. The molecule has 2 aromatic rings. The predicted octanol–water partition coefficient (Wildman–Crippen LogP) is 6.46. The smallest absolute Gasteiger partial charge is 0.335 e.